The van der Waals surface area contributed by atoms with Gasteiger partial charge in [-0.2, -0.15) is 0 Å². The number of phenols is 1. The highest BCUT2D eigenvalue weighted by molar-refractivity contribution is 8.05. The van der Waals surface area contributed by atoms with Gasteiger partial charge in [-0.05, 0) is 54.7 Å². The molecule has 1 aliphatic heterocycles. The highest BCUT2D eigenvalue weighted by atomic mass is 32.2. The van der Waals surface area contributed by atoms with Crippen LogP contribution in [0.5, 0.6) is 5.75 Å². The number of aromatic hydroxyl groups is 1. The molecule has 146 valence electrons. The van der Waals surface area contributed by atoms with Gasteiger partial charge in [0.2, 0.25) is 0 Å². The van der Waals surface area contributed by atoms with Gasteiger partial charge in [0.25, 0.3) is 5.91 Å². The summed E-state index contributed by atoms with van der Waals surface area (Å²) in [5.74, 6) is 0.792. The van der Waals surface area contributed by atoms with Crippen molar-refractivity contribution >= 4 is 29.4 Å². The minimum atomic E-state index is -0.121. The van der Waals surface area contributed by atoms with E-state index in [1.54, 1.807) is 30.0 Å². The molecule has 1 aliphatic carbocycles. The zero-order chi connectivity index (χ0) is 19.5. The molecule has 0 bridgehead atoms. The van der Waals surface area contributed by atoms with Gasteiger partial charge in [0, 0.05) is 11.7 Å². The van der Waals surface area contributed by atoms with Crippen molar-refractivity contribution in [1.29, 1.82) is 0 Å². The molecule has 1 heterocycles. The lowest BCUT2D eigenvalue weighted by molar-refractivity contribution is -0.129. The van der Waals surface area contributed by atoms with E-state index in [-0.39, 0.29) is 23.2 Å². The van der Waals surface area contributed by atoms with E-state index in [2.05, 4.69) is 17.1 Å². The van der Waals surface area contributed by atoms with Gasteiger partial charge >= 0.3 is 0 Å². The van der Waals surface area contributed by atoms with Crippen molar-refractivity contribution < 1.29 is 9.90 Å². The van der Waals surface area contributed by atoms with E-state index in [1.165, 1.54) is 19.3 Å². The standard InChI is InChI=1S/C23H26N2O2S/c1-16-8-5-6-13-20(16)25-22(27)21(15-17-9-7-12-19(26)14-17)28-23(25)24-18-10-3-2-4-11-18/h2-4,7,9-12,14-16,20,23-24,26H,5-6,8,13H2,1H3/b21-15-/t16-,20+,23?/m0/s1. The second-order valence-corrected chi connectivity index (χ2v) is 8.75. The van der Waals surface area contributed by atoms with Gasteiger partial charge in [-0.25, -0.2) is 0 Å². The third-order valence-electron chi connectivity index (χ3n) is 5.59. The van der Waals surface area contributed by atoms with Crippen molar-refractivity contribution in [2.75, 3.05) is 5.32 Å². The fourth-order valence-corrected chi connectivity index (χ4v) is 5.34. The van der Waals surface area contributed by atoms with Gasteiger partial charge in [0.05, 0.1) is 4.91 Å². The molecule has 2 N–H and O–H groups in total. The predicted octanol–water partition coefficient (Wildman–Crippen LogP) is 5.28. The third-order valence-corrected chi connectivity index (χ3v) is 6.71. The van der Waals surface area contributed by atoms with E-state index in [0.717, 1.165) is 22.6 Å². The van der Waals surface area contributed by atoms with Crippen LogP contribution in [-0.2, 0) is 4.79 Å². The summed E-state index contributed by atoms with van der Waals surface area (Å²) < 4.78 is 0. The largest absolute Gasteiger partial charge is 0.508 e. The fourth-order valence-electron chi connectivity index (χ4n) is 4.13. The molecule has 4 rings (SSSR count). The zero-order valence-corrected chi connectivity index (χ0v) is 16.9. The van der Waals surface area contributed by atoms with Gasteiger partial charge < -0.3 is 15.3 Å². The van der Waals surface area contributed by atoms with Gasteiger partial charge in [0.15, 0.2) is 5.50 Å². The van der Waals surface area contributed by atoms with Crippen molar-refractivity contribution in [3.63, 3.8) is 0 Å². The molecule has 4 nitrogen and oxygen atoms in total. The molecule has 0 spiro atoms. The second kappa shape index (κ2) is 8.31. The zero-order valence-electron chi connectivity index (χ0n) is 16.0. The van der Waals surface area contributed by atoms with E-state index < -0.39 is 0 Å². The number of rotatable bonds is 4. The number of benzene rings is 2. The molecule has 3 atom stereocenters. The number of amides is 1. The lowest BCUT2D eigenvalue weighted by atomic mass is 9.85. The first-order valence-corrected chi connectivity index (χ1v) is 10.8. The molecule has 1 unspecified atom stereocenters. The Morgan fingerprint density at radius 1 is 1.11 bits per heavy atom. The van der Waals surface area contributed by atoms with Crippen molar-refractivity contribution in [3.05, 3.63) is 65.1 Å². The Morgan fingerprint density at radius 2 is 1.89 bits per heavy atom. The number of nitrogens with one attached hydrogen (secondary N) is 1. The SMILES string of the molecule is C[C@H]1CCCC[C@H]1N1C(=O)/C(=C/c2cccc(O)c2)SC1Nc1ccccc1. The third kappa shape index (κ3) is 4.04. The van der Waals surface area contributed by atoms with Crippen LogP contribution in [-0.4, -0.2) is 27.5 Å². The molecular formula is C23H26N2O2S. The Labute approximate surface area is 170 Å². The van der Waals surface area contributed by atoms with Crippen LogP contribution in [0.4, 0.5) is 5.69 Å². The van der Waals surface area contributed by atoms with E-state index in [0.29, 0.717) is 5.92 Å². The first kappa shape index (κ1) is 18.9. The first-order valence-electron chi connectivity index (χ1n) is 9.93. The summed E-state index contributed by atoms with van der Waals surface area (Å²) in [5.41, 5.74) is 1.73. The molecule has 2 fully saturated rings. The van der Waals surface area contributed by atoms with Crippen LogP contribution in [0.1, 0.15) is 38.2 Å². The molecule has 0 aromatic heterocycles. The van der Waals surface area contributed by atoms with Crippen molar-refractivity contribution in [3.8, 4) is 5.75 Å². The van der Waals surface area contributed by atoms with Crippen LogP contribution in [0, 0.1) is 5.92 Å². The van der Waals surface area contributed by atoms with E-state index >= 15 is 0 Å². The number of anilines is 1. The summed E-state index contributed by atoms with van der Waals surface area (Å²) in [6, 6.07) is 17.3. The summed E-state index contributed by atoms with van der Waals surface area (Å²) in [5, 5.41) is 13.3. The minimum Gasteiger partial charge on any atom is -0.508 e. The summed E-state index contributed by atoms with van der Waals surface area (Å²) in [6.45, 7) is 2.26. The maximum atomic E-state index is 13.4. The summed E-state index contributed by atoms with van der Waals surface area (Å²) in [6.07, 6.45) is 6.53. The number of nitrogens with zero attached hydrogens (tertiary/aromatic N) is 1. The average Bonchev–Trinajstić information content (AvgIpc) is 2.98. The van der Waals surface area contributed by atoms with Crippen molar-refractivity contribution in [1.82, 2.24) is 4.90 Å². The van der Waals surface area contributed by atoms with E-state index in [1.807, 2.05) is 42.5 Å². The fraction of sp³-hybridized carbons (Fsp3) is 0.348. The molecule has 0 radical (unpaired) electrons. The number of thioether (sulfide) groups is 1. The molecule has 5 heteroatoms. The van der Waals surface area contributed by atoms with Crippen molar-refractivity contribution in [2.45, 2.75) is 44.1 Å². The summed E-state index contributed by atoms with van der Waals surface area (Å²) >= 11 is 1.56. The quantitative estimate of drug-likeness (QED) is 0.693. The Bertz CT molecular complexity index is 868. The maximum absolute atomic E-state index is 13.4. The molecule has 2 aliphatic rings. The van der Waals surface area contributed by atoms with Crippen LogP contribution in [0.25, 0.3) is 6.08 Å². The lowest BCUT2D eigenvalue weighted by Gasteiger charge is -2.39. The molecule has 1 saturated carbocycles. The van der Waals surface area contributed by atoms with Gasteiger partial charge in [-0.1, -0.05) is 61.9 Å². The Morgan fingerprint density at radius 3 is 2.64 bits per heavy atom. The highest BCUT2D eigenvalue weighted by Crippen LogP contribution is 2.42. The van der Waals surface area contributed by atoms with Crippen LogP contribution < -0.4 is 5.32 Å². The topological polar surface area (TPSA) is 52.6 Å². The van der Waals surface area contributed by atoms with Crippen LogP contribution in [0.15, 0.2) is 59.5 Å². The van der Waals surface area contributed by atoms with Crippen LogP contribution >= 0.6 is 11.8 Å². The first-order chi connectivity index (χ1) is 13.6. The van der Waals surface area contributed by atoms with Crippen LogP contribution in [0.2, 0.25) is 0 Å². The Balaban J connectivity index is 1.64. The lowest BCUT2D eigenvalue weighted by Crippen LogP contribution is -2.48. The Hall–Kier alpha value is -2.40. The number of hydrogen-bond acceptors (Lipinski definition) is 4. The molecule has 1 amide bonds. The summed E-state index contributed by atoms with van der Waals surface area (Å²) in [4.78, 5) is 16.1. The van der Waals surface area contributed by atoms with Crippen molar-refractivity contribution in [2.24, 2.45) is 5.92 Å². The maximum Gasteiger partial charge on any atom is 0.262 e. The van der Waals surface area contributed by atoms with Crippen LogP contribution in [0.3, 0.4) is 0 Å². The molecular weight excluding hydrogens is 368 g/mol. The smallest absolute Gasteiger partial charge is 0.262 e. The number of hydrogen-bond donors (Lipinski definition) is 2. The number of carbonyl (C=O) groups is 1. The minimum absolute atomic E-state index is 0.0838. The second-order valence-electron chi connectivity index (χ2n) is 7.63. The number of carbonyl (C=O) groups excluding carboxylic acids is 1. The molecule has 2 aromatic carbocycles. The van der Waals surface area contributed by atoms with Gasteiger partial charge in [-0.15, -0.1) is 0 Å². The van der Waals surface area contributed by atoms with Gasteiger partial charge in [-0.3, -0.25) is 4.79 Å². The average molecular weight is 395 g/mol. The monoisotopic (exact) mass is 394 g/mol. The van der Waals surface area contributed by atoms with E-state index in [9.17, 15) is 9.90 Å². The molecule has 28 heavy (non-hydrogen) atoms. The predicted molar refractivity (Wildman–Crippen MR) is 116 cm³/mol. The summed E-state index contributed by atoms with van der Waals surface area (Å²) in [7, 11) is 0. The normalized spacial score (nSPS) is 26.6. The number of para-hydroxylation sites is 1. The highest BCUT2D eigenvalue weighted by Gasteiger charge is 2.42. The Kier molecular flexibility index (Phi) is 5.62. The number of phenolic OH excluding ortho intramolecular Hbond substituents is 1. The molecule has 2 aromatic rings. The molecule has 1 saturated heterocycles. The van der Waals surface area contributed by atoms with Gasteiger partial charge in [0.1, 0.15) is 5.75 Å². The van der Waals surface area contributed by atoms with E-state index in [4.69, 9.17) is 0 Å².